The SMILES string of the molecule is CC1C(C)C2CCC(C1C)C(C(=O)O)C2C(=O)O. The Morgan fingerprint density at radius 3 is 1.39 bits per heavy atom. The standard InChI is InChI=1S/C14H22O4/c1-6-7(2)9-4-5-10(8(6)3)12(14(17)18)11(9)13(15)16/h6-12H,4-5H2,1-3H3,(H,15,16)(H,17,18). The quantitative estimate of drug-likeness (QED) is 0.793. The maximum atomic E-state index is 11.5. The van der Waals surface area contributed by atoms with Crippen molar-refractivity contribution in [2.24, 2.45) is 41.4 Å². The van der Waals surface area contributed by atoms with Crippen LogP contribution >= 0.6 is 0 Å². The van der Waals surface area contributed by atoms with Crippen LogP contribution in [0.25, 0.3) is 0 Å². The van der Waals surface area contributed by atoms with Crippen molar-refractivity contribution >= 4 is 11.9 Å². The summed E-state index contributed by atoms with van der Waals surface area (Å²) in [5.41, 5.74) is 0. The van der Waals surface area contributed by atoms with E-state index in [-0.39, 0.29) is 23.7 Å². The van der Waals surface area contributed by atoms with Crippen LogP contribution in [0.1, 0.15) is 33.6 Å². The van der Waals surface area contributed by atoms with E-state index in [9.17, 15) is 19.8 Å². The number of hydrogen-bond acceptors (Lipinski definition) is 2. The van der Waals surface area contributed by atoms with Gasteiger partial charge in [-0.15, -0.1) is 0 Å². The molecular formula is C14H22O4. The number of hydrogen-bond donors (Lipinski definition) is 2. The fraction of sp³-hybridized carbons (Fsp3) is 0.857. The average Bonchev–Trinajstić information content (AvgIpc) is 2.46. The molecular weight excluding hydrogens is 232 g/mol. The smallest absolute Gasteiger partial charge is 0.307 e. The summed E-state index contributed by atoms with van der Waals surface area (Å²) in [7, 11) is 0. The van der Waals surface area contributed by atoms with Crippen LogP contribution in [0.15, 0.2) is 0 Å². The first-order valence-electron chi connectivity index (χ1n) is 6.81. The molecule has 102 valence electrons. The van der Waals surface area contributed by atoms with Gasteiger partial charge in [0.05, 0.1) is 11.8 Å². The van der Waals surface area contributed by atoms with Crippen molar-refractivity contribution in [3.05, 3.63) is 0 Å². The Morgan fingerprint density at radius 1 is 0.778 bits per heavy atom. The summed E-state index contributed by atoms with van der Waals surface area (Å²) >= 11 is 0. The fourth-order valence-corrected chi connectivity index (χ4v) is 4.39. The average molecular weight is 254 g/mol. The molecule has 2 bridgehead atoms. The van der Waals surface area contributed by atoms with E-state index in [1.165, 1.54) is 0 Å². The molecule has 0 aromatic rings. The number of rotatable bonds is 2. The second-order valence-corrected chi connectivity index (χ2v) is 6.21. The highest BCUT2D eigenvalue weighted by atomic mass is 16.4. The number of aliphatic carboxylic acids is 2. The second kappa shape index (κ2) is 4.56. The molecule has 0 radical (unpaired) electrons. The zero-order valence-corrected chi connectivity index (χ0v) is 11.2. The molecule has 0 aromatic heterocycles. The molecule has 6 atom stereocenters. The van der Waals surface area contributed by atoms with Crippen molar-refractivity contribution in [1.29, 1.82) is 0 Å². The van der Waals surface area contributed by atoms with E-state index in [2.05, 4.69) is 20.8 Å². The molecule has 6 unspecified atom stereocenters. The minimum atomic E-state index is -0.926. The molecule has 2 N–H and O–H groups in total. The predicted molar refractivity (Wildman–Crippen MR) is 66.0 cm³/mol. The highest BCUT2D eigenvalue weighted by Crippen LogP contribution is 2.53. The zero-order valence-electron chi connectivity index (χ0n) is 11.2. The van der Waals surface area contributed by atoms with Crippen LogP contribution in [-0.2, 0) is 9.59 Å². The number of carbonyl (C=O) groups is 2. The molecule has 0 amide bonds. The van der Waals surface area contributed by atoms with E-state index in [0.29, 0.717) is 5.92 Å². The summed E-state index contributed by atoms with van der Waals surface area (Å²) < 4.78 is 0. The third-order valence-electron chi connectivity index (χ3n) is 5.72. The first kappa shape index (κ1) is 13.4. The van der Waals surface area contributed by atoms with Crippen molar-refractivity contribution in [2.45, 2.75) is 33.6 Å². The van der Waals surface area contributed by atoms with E-state index in [0.717, 1.165) is 12.8 Å². The summed E-state index contributed by atoms with van der Waals surface area (Å²) in [6.45, 7) is 6.33. The molecule has 18 heavy (non-hydrogen) atoms. The predicted octanol–water partition coefficient (Wildman–Crippen LogP) is 2.34. The van der Waals surface area contributed by atoms with Gasteiger partial charge < -0.3 is 10.2 Å². The van der Waals surface area contributed by atoms with E-state index < -0.39 is 23.8 Å². The van der Waals surface area contributed by atoms with E-state index >= 15 is 0 Å². The lowest BCUT2D eigenvalue weighted by molar-refractivity contribution is -0.162. The van der Waals surface area contributed by atoms with Gasteiger partial charge in [-0.05, 0) is 42.4 Å². The van der Waals surface area contributed by atoms with Gasteiger partial charge in [-0.3, -0.25) is 9.59 Å². The zero-order chi connectivity index (χ0) is 13.6. The third-order valence-corrected chi connectivity index (χ3v) is 5.72. The van der Waals surface area contributed by atoms with Gasteiger partial charge in [-0.1, -0.05) is 20.8 Å². The van der Waals surface area contributed by atoms with Crippen LogP contribution in [-0.4, -0.2) is 22.2 Å². The van der Waals surface area contributed by atoms with Gasteiger partial charge in [0.1, 0.15) is 0 Å². The summed E-state index contributed by atoms with van der Waals surface area (Å²) in [6, 6.07) is 0. The van der Waals surface area contributed by atoms with Crippen molar-refractivity contribution in [2.75, 3.05) is 0 Å². The Morgan fingerprint density at radius 2 is 1.11 bits per heavy atom. The molecule has 3 aliphatic rings. The lowest BCUT2D eigenvalue weighted by Gasteiger charge is -2.38. The second-order valence-electron chi connectivity index (χ2n) is 6.21. The first-order valence-corrected chi connectivity index (χ1v) is 6.81. The van der Waals surface area contributed by atoms with Crippen LogP contribution in [0, 0.1) is 41.4 Å². The molecule has 4 nitrogen and oxygen atoms in total. The fourth-order valence-electron chi connectivity index (χ4n) is 4.39. The highest BCUT2D eigenvalue weighted by molar-refractivity contribution is 5.81. The molecule has 3 saturated carbocycles. The van der Waals surface area contributed by atoms with E-state index in [4.69, 9.17) is 0 Å². The molecule has 0 aromatic carbocycles. The summed E-state index contributed by atoms with van der Waals surface area (Å²) in [4.78, 5) is 23.0. The topological polar surface area (TPSA) is 74.6 Å². The number of carboxylic acid groups (broad SMARTS) is 2. The molecule has 0 saturated heterocycles. The minimum absolute atomic E-state index is 0.0137. The van der Waals surface area contributed by atoms with E-state index in [1.807, 2.05) is 0 Å². The maximum absolute atomic E-state index is 11.5. The van der Waals surface area contributed by atoms with Crippen molar-refractivity contribution in [3.8, 4) is 0 Å². The van der Waals surface area contributed by atoms with Gasteiger partial charge in [0.25, 0.3) is 0 Å². The minimum Gasteiger partial charge on any atom is -0.481 e. The largest absolute Gasteiger partial charge is 0.481 e. The Bertz CT molecular complexity index is 331. The summed E-state index contributed by atoms with van der Waals surface area (Å²) in [5, 5.41) is 18.9. The first-order chi connectivity index (χ1) is 8.36. The molecule has 0 heterocycles. The lowest BCUT2D eigenvalue weighted by atomic mass is 9.65. The van der Waals surface area contributed by atoms with Gasteiger partial charge >= 0.3 is 11.9 Å². The highest BCUT2D eigenvalue weighted by Gasteiger charge is 2.54. The van der Waals surface area contributed by atoms with Crippen LogP contribution in [0.4, 0.5) is 0 Å². The summed E-state index contributed by atoms with van der Waals surface area (Å²) in [6.07, 6.45) is 1.72. The summed E-state index contributed by atoms with van der Waals surface area (Å²) in [5.74, 6) is -2.26. The number of carboxylic acids is 2. The van der Waals surface area contributed by atoms with Gasteiger partial charge in [0.2, 0.25) is 0 Å². The van der Waals surface area contributed by atoms with Crippen molar-refractivity contribution in [3.63, 3.8) is 0 Å². The van der Waals surface area contributed by atoms with Gasteiger partial charge in [-0.2, -0.15) is 0 Å². The van der Waals surface area contributed by atoms with Crippen LogP contribution < -0.4 is 0 Å². The Labute approximate surface area is 107 Å². The third kappa shape index (κ3) is 1.82. The van der Waals surface area contributed by atoms with Crippen LogP contribution in [0.3, 0.4) is 0 Å². The monoisotopic (exact) mass is 254 g/mol. The molecule has 3 rings (SSSR count). The van der Waals surface area contributed by atoms with Gasteiger partial charge in [0.15, 0.2) is 0 Å². The van der Waals surface area contributed by atoms with Gasteiger partial charge in [0, 0.05) is 0 Å². The molecule has 0 spiro atoms. The maximum Gasteiger partial charge on any atom is 0.307 e. The molecule has 0 aliphatic heterocycles. The van der Waals surface area contributed by atoms with Crippen molar-refractivity contribution < 1.29 is 19.8 Å². The lowest BCUT2D eigenvalue weighted by Crippen LogP contribution is -2.44. The number of fused-ring (bicyclic) bond motifs is 4. The molecule has 3 aliphatic carbocycles. The van der Waals surface area contributed by atoms with Crippen LogP contribution in [0.5, 0.6) is 0 Å². The van der Waals surface area contributed by atoms with Crippen LogP contribution in [0.2, 0.25) is 0 Å². The Hall–Kier alpha value is -1.06. The van der Waals surface area contributed by atoms with Gasteiger partial charge in [-0.25, -0.2) is 0 Å². The Balaban J connectivity index is 2.47. The Kier molecular flexibility index (Phi) is 3.39. The van der Waals surface area contributed by atoms with E-state index in [1.54, 1.807) is 0 Å². The van der Waals surface area contributed by atoms with Crippen molar-refractivity contribution in [1.82, 2.24) is 0 Å². The molecule has 4 heteroatoms. The molecule has 3 fully saturated rings. The normalized spacial score (nSPS) is 47.6.